The van der Waals surface area contributed by atoms with E-state index in [4.69, 9.17) is 4.74 Å². The van der Waals surface area contributed by atoms with Gasteiger partial charge in [-0.3, -0.25) is 0 Å². The number of aryl methyl sites for hydroxylation is 1. The van der Waals surface area contributed by atoms with Crippen LogP contribution in [0.1, 0.15) is 11.1 Å². The Morgan fingerprint density at radius 1 is 1.21 bits per heavy atom. The van der Waals surface area contributed by atoms with Gasteiger partial charge in [-0.1, -0.05) is 12.1 Å². The third kappa shape index (κ3) is 2.80. The smallest absolute Gasteiger partial charge is 0.244 e. The summed E-state index contributed by atoms with van der Waals surface area (Å²) in [7, 11) is -2.11. The molecule has 2 aromatic rings. The Labute approximate surface area is 117 Å². The molecule has 0 aliphatic carbocycles. The summed E-state index contributed by atoms with van der Waals surface area (Å²) >= 11 is 1.26. The van der Waals surface area contributed by atoms with Crippen molar-refractivity contribution in [1.29, 1.82) is 0 Å². The van der Waals surface area contributed by atoms with Gasteiger partial charge in [-0.15, -0.1) is 11.3 Å². The van der Waals surface area contributed by atoms with Crippen molar-refractivity contribution in [3.05, 3.63) is 40.8 Å². The Morgan fingerprint density at radius 2 is 1.95 bits per heavy atom. The SMILES string of the molecule is CNS(=O)(=O)c1ccsc1Oc1cccc(C)c1C. The lowest BCUT2D eigenvalue weighted by molar-refractivity contribution is 0.478. The van der Waals surface area contributed by atoms with E-state index < -0.39 is 10.0 Å². The Hall–Kier alpha value is -1.37. The third-order valence-electron chi connectivity index (χ3n) is 2.91. The van der Waals surface area contributed by atoms with Crippen LogP contribution in [0.25, 0.3) is 0 Å². The fourth-order valence-corrected chi connectivity index (χ4v) is 3.54. The van der Waals surface area contributed by atoms with E-state index in [1.54, 1.807) is 5.38 Å². The summed E-state index contributed by atoms with van der Waals surface area (Å²) < 4.78 is 31.7. The van der Waals surface area contributed by atoms with Gasteiger partial charge in [-0.05, 0) is 49.5 Å². The molecule has 1 aromatic heterocycles. The molecule has 0 fully saturated rings. The first-order chi connectivity index (χ1) is 8.95. The summed E-state index contributed by atoms with van der Waals surface area (Å²) in [5.74, 6) is 0.676. The van der Waals surface area contributed by atoms with Crippen LogP contribution >= 0.6 is 11.3 Å². The second-order valence-electron chi connectivity index (χ2n) is 4.08. The predicted molar refractivity (Wildman–Crippen MR) is 76.6 cm³/mol. The van der Waals surface area contributed by atoms with E-state index in [2.05, 4.69) is 4.72 Å². The van der Waals surface area contributed by atoms with Crippen LogP contribution in [0.2, 0.25) is 0 Å². The van der Waals surface area contributed by atoms with Gasteiger partial charge in [-0.25, -0.2) is 13.1 Å². The molecule has 0 unspecified atom stereocenters. The van der Waals surface area contributed by atoms with Gasteiger partial charge in [-0.2, -0.15) is 0 Å². The summed E-state index contributed by atoms with van der Waals surface area (Å²) in [6.07, 6.45) is 0. The fourth-order valence-electron chi connectivity index (χ4n) is 1.60. The molecule has 0 atom stereocenters. The monoisotopic (exact) mass is 297 g/mol. The lowest BCUT2D eigenvalue weighted by Crippen LogP contribution is -2.18. The second-order valence-corrected chi connectivity index (χ2v) is 6.81. The molecule has 102 valence electrons. The van der Waals surface area contributed by atoms with Crippen molar-refractivity contribution in [2.24, 2.45) is 0 Å². The normalized spacial score (nSPS) is 11.5. The molecule has 2 rings (SSSR count). The molecule has 6 heteroatoms. The van der Waals surface area contributed by atoms with E-state index in [-0.39, 0.29) is 4.90 Å². The molecule has 0 saturated carbocycles. The van der Waals surface area contributed by atoms with Gasteiger partial charge in [0.1, 0.15) is 10.6 Å². The molecule has 1 aromatic carbocycles. The highest BCUT2D eigenvalue weighted by Gasteiger charge is 2.20. The largest absolute Gasteiger partial charge is 0.445 e. The van der Waals surface area contributed by atoms with Gasteiger partial charge < -0.3 is 4.74 Å². The van der Waals surface area contributed by atoms with Crippen LogP contribution in [0, 0.1) is 13.8 Å². The van der Waals surface area contributed by atoms with Crippen LogP contribution in [0.5, 0.6) is 10.8 Å². The van der Waals surface area contributed by atoms with E-state index in [1.165, 1.54) is 24.5 Å². The molecule has 0 radical (unpaired) electrons. The first-order valence-corrected chi connectivity index (χ1v) is 8.07. The number of sulfonamides is 1. The van der Waals surface area contributed by atoms with Crippen LogP contribution in [-0.4, -0.2) is 15.5 Å². The zero-order valence-electron chi connectivity index (χ0n) is 10.9. The molecule has 0 saturated heterocycles. The number of hydrogen-bond donors (Lipinski definition) is 1. The standard InChI is InChI=1S/C13H15NO3S2/c1-9-5-4-6-11(10(9)2)17-13-12(7-8-18-13)19(15,16)14-3/h4-8,14H,1-3H3. The quantitative estimate of drug-likeness (QED) is 0.943. The molecule has 0 spiro atoms. The van der Waals surface area contributed by atoms with Crippen LogP contribution in [0.4, 0.5) is 0 Å². The Bertz CT molecular complexity index is 690. The minimum atomic E-state index is -3.49. The fraction of sp³-hybridized carbons (Fsp3) is 0.231. The highest BCUT2D eigenvalue weighted by Crippen LogP contribution is 2.35. The predicted octanol–water partition coefficient (Wildman–Crippen LogP) is 3.07. The topological polar surface area (TPSA) is 55.4 Å². The Balaban J connectivity index is 2.41. The minimum Gasteiger partial charge on any atom is -0.445 e. The van der Waals surface area contributed by atoms with Gasteiger partial charge >= 0.3 is 0 Å². The van der Waals surface area contributed by atoms with E-state index in [9.17, 15) is 8.42 Å². The number of ether oxygens (including phenoxy) is 1. The minimum absolute atomic E-state index is 0.168. The van der Waals surface area contributed by atoms with Crippen molar-refractivity contribution in [1.82, 2.24) is 4.72 Å². The average molecular weight is 297 g/mol. The second kappa shape index (κ2) is 5.32. The molecule has 0 aliphatic heterocycles. The Morgan fingerprint density at radius 3 is 2.63 bits per heavy atom. The number of nitrogens with one attached hydrogen (secondary N) is 1. The van der Waals surface area contributed by atoms with Crippen LogP contribution in [-0.2, 0) is 10.0 Å². The van der Waals surface area contributed by atoms with Crippen molar-refractivity contribution in [3.63, 3.8) is 0 Å². The highest BCUT2D eigenvalue weighted by atomic mass is 32.2. The van der Waals surface area contributed by atoms with Gasteiger partial charge in [0, 0.05) is 0 Å². The average Bonchev–Trinajstić information content (AvgIpc) is 2.84. The summed E-state index contributed by atoms with van der Waals surface area (Å²) in [5, 5.41) is 2.08. The maximum atomic E-state index is 11.8. The molecule has 0 bridgehead atoms. The first kappa shape index (κ1) is 14.0. The summed E-state index contributed by atoms with van der Waals surface area (Å²) in [5.41, 5.74) is 2.11. The van der Waals surface area contributed by atoms with Gasteiger partial charge in [0.15, 0.2) is 0 Å². The summed E-state index contributed by atoms with van der Waals surface area (Å²) in [6, 6.07) is 7.24. The number of benzene rings is 1. The van der Waals surface area contributed by atoms with Crippen LogP contribution in [0.3, 0.4) is 0 Å². The van der Waals surface area contributed by atoms with Gasteiger partial charge in [0.25, 0.3) is 0 Å². The van der Waals surface area contributed by atoms with Crippen molar-refractivity contribution < 1.29 is 13.2 Å². The maximum absolute atomic E-state index is 11.8. The van der Waals surface area contributed by atoms with Crippen molar-refractivity contribution >= 4 is 21.4 Å². The molecular weight excluding hydrogens is 282 g/mol. The Kier molecular flexibility index (Phi) is 3.93. The molecule has 1 heterocycles. The first-order valence-electron chi connectivity index (χ1n) is 5.71. The highest BCUT2D eigenvalue weighted by molar-refractivity contribution is 7.89. The molecule has 0 amide bonds. The van der Waals surface area contributed by atoms with Crippen LogP contribution in [0.15, 0.2) is 34.5 Å². The summed E-state index contributed by atoms with van der Waals surface area (Å²) in [4.78, 5) is 0.168. The number of thiophene rings is 1. The molecule has 19 heavy (non-hydrogen) atoms. The van der Waals surface area contributed by atoms with Crippen molar-refractivity contribution in [2.75, 3.05) is 7.05 Å². The van der Waals surface area contributed by atoms with Gasteiger partial charge in [0.2, 0.25) is 15.1 Å². The van der Waals surface area contributed by atoms with E-state index >= 15 is 0 Å². The number of hydrogen-bond acceptors (Lipinski definition) is 4. The van der Waals surface area contributed by atoms with Gasteiger partial charge in [0.05, 0.1) is 0 Å². The lowest BCUT2D eigenvalue weighted by Gasteiger charge is -2.10. The molecule has 4 nitrogen and oxygen atoms in total. The summed E-state index contributed by atoms with van der Waals surface area (Å²) in [6.45, 7) is 3.94. The van der Waals surface area contributed by atoms with Crippen molar-refractivity contribution in [3.8, 4) is 10.8 Å². The maximum Gasteiger partial charge on any atom is 0.244 e. The van der Waals surface area contributed by atoms with E-state index in [0.29, 0.717) is 10.8 Å². The van der Waals surface area contributed by atoms with E-state index in [0.717, 1.165) is 11.1 Å². The lowest BCUT2D eigenvalue weighted by atomic mass is 10.1. The van der Waals surface area contributed by atoms with Crippen LogP contribution < -0.4 is 9.46 Å². The zero-order chi connectivity index (χ0) is 14.0. The molecule has 1 N–H and O–H groups in total. The zero-order valence-corrected chi connectivity index (χ0v) is 12.6. The molecule has 0 aliphatic rings. The molecular formula is C13H15NO3S2. The van der Waals surface area contributed by atoms with Crippen molar-refractivity contribution in [2.45, 2.75) is 18.7 Å². The van der Waals surface area contributed by atoms with E-state index in [1.807, 2.05) is 32.0 Å². The number of rotatable bonds is 4. The third-order valence-corrected chi connectivity index (χ3v) is 5.27.